The number of anilines is 1. The van der Waals surface area contributed by atoms with Gasteiger partial charge in [0.1, 0.15) is 11.6 Å². The molecule has 0 aliphatic heterocycles. The number of aryl methyl sites for hydroxylation is 2. The highest BCUT2D eigenvalue weighted by Gasteiger charge is 2.14. The van der Waals surface area contributed by atoms with Crippen LogP contribution in [0.1, 0.15) is 23.6 Å². The molecule has 6 heteroatoms. The summed E-state index contributed by atoms with van der Waals surface area (Å²) in [7, 11) is 0. The van der Waals surface area contributed by atoms with Crippen molar-refractivity contribution in [2.45, 2.75) is 20.8 Å². The SMILES string of the molecule is CCOc1cc(/C=C(/C#N)C(=O)Nc2c(C)cccc2C)cc(I)c1O. The predicted molar refractivity (Wildman–Crippen MR) is 110 cm³/mol. The normalized spacial score (nSPS) is 11.0. The second-order valence-electron chi connectivity index (χ2n) is 5.67. The molecule has 0 aromatic heterocycles. The number of carbonyl (C=O) groups is 1. The molecule has 0 saturated carbocycles. The Labute approximate surface area is 166 Å². The number of phenols is 1. The number of hydrogen-bond acceptors (Lipinski definition) is 4. The average Bonchev–Trinajstić information content (AvgIpc) is 2.60. The lowest BCUT2D eigenvalue weighted by Gasteiger charge is -2.11. The van der Waals surface area contributed by atoms with Crippen molar-refractivity contribution in [2.75, 3.05) is 11.9 Å². The fourth-order valence-corrected chi connectivity index (χ4v) is 3.08. The Balaban J connectivity index is 2.36. The number of phenolic OH excluding ortho intramolecular Hbond substituents is 1. The summed E-state index contributed by atoms with van der Waals surface area (Å²) in [6.45, 7) is 6.01. The van der Waals surface area contributed by atoms with E-state index in [0.717, 1.165) is 11.1 Å². The molecule has 0 heterocycles. The molecule has 0 spiro atoms. The maximum absolute atomic E-state index is 12.5. The second kappa shape index (κ2) is 8.72. The molecule has 0 atom stereocenters. The third-order valence-electron chi connectivity index (χ3n) is 3.75. The van der Waals surface area contributed by atoms with Crippen LogP contribution in [-0.2, 0) is 4.79 Å². The lowest BCUT2D eigenvalue weighted by Crippen LogP contribution is -2.15. The Kier molecular flexibility index (Phi) is 6.64. The van der Waals surface area contributed by atoms with E-state index >= 15 is 0 Å². The molecule has 0 bridgehead atoms. The summed E-state index contributed by atoms with van der Waals surface area (Å²) in [4.78, 5) is 12.5. The highest BCUT2D eigenvalue weighted by Crippen LogP contribution is 2.33. The highest BCUT2D eigenvalue weighted by atomic mass is 127. The third-order valence-corrected chi connectivity index (χ3v) is 4.57. The number of aromatic hydroxyl groups is 1. The van der Waals surface area contributed by atoms with E-state index in [1.807, 2.05) is 67.6 Å². The molecule has 0 radical (unpaired) electrons. The molecule has 26 heavy (non-hydrogen) atoms. The maximum Gasteiger partial charge on any atom is 0.266 e. The summed E-state index contributed by atoms with van der Waals surface area (Å²) in [5.74, 6) is -0.118. The number of nitrogens with zero attached hydrogens (tertiary/aromatic N) is 1. The number of nitrogens with one attached hydrogen (secondary N) is 1. The fourth-order valence-electron chi connectivity index (χ4n) is 2.45. The van der Waals surface area contributed by atoms with Gasteiger partial charge >= 0.3 is 0 Å². The van der Waals surface area contributed by atoms with Crippen LogP contribution in [0.4, 0.5) is 5.69 Å². The van der Waals surface area contributed by atoms with Crippen molar-refractivity contribution < 1.29 is 14.6 Å². The van der Waals surface area contributed by atoms with Crippen LogP contribution in [0.5, 0.6) is 11.5 Å². The van der Waals surface area contributed by atoms with E-state index in [2.05, 4.69) is 5.32 Å². The Bertz CT molecular complexity index is 894. The summed E-state index contributed by atoms with van der Waals surface area (Å²) in [6, 6.07) is 10.9. The quantitative estimate of drug-likeness (QED) is 0.388. The van der Waals surface area contributed by atoms with E-state index in [1.165, 1.54) is 6.08 Å². The van der Waals surface area contributed by atoms with Crippen LogP contribution < -0.4 is 10.1 Å². The zero-order valence-corrected chi connectivity index (χ0v) is 16.9. The van der Waals surface area contributed by atoms with E-state index in [-0.39, 0.29) is 11.3 Å². The van der Waals surface area contributed by atoms with Crippen molar-refractivity contribution in [1.82, 2.24) is 0 Å². The number of amides is 1. The summed E-state index contributed by atoms with van der Waals surface area (Å²) < 4.78 is 5.97. The van der Waals surface area contributed by atoms with E-state index in [4.69, 9.17) is 4.74 Å². The number of benzene rings is 2. The van der Waals surface area contributed by atoms with Gasteiger partial charge in [-0.15, -0.1) is 0 Å². The minimum absolute atomic E-state index is 0.0309. The standard InChI is InChI=1S/C20H19IN2O3/c1-4-26-17-10-14(9-16(21)19(17)24)8-15(11-22)20(25)23-18-12(2)6-5-7-13(18)3/h5-10,24H,4H2,1-3H3,(H,23,25)/b15-8-. The minimum Gasteiger partial charge on any atom is -0.504 e. The lowest BCUT2D eigenvalue weighted by molar-refractivity contribution is -0.112. The Morgan fingerprint density at radius 3 is 2.58 bits per heavy atom. The highest BCUT2D eigenvalue weighted by molar-refractivity contribution is 14.1. The number of carbonyl (C=O) groups excluding carboxylic acids is 1. The van der Waals surface area contributed by atoms with Crippen LogP contribution in [0, 0.1) is 28.7 Å². The molecular formula is C20H19IN2O3. The first-order valence-corrected chi connectivity index (χ1v) is 9.10. The fraction of sp³-hybridized carbons (Fsp3) is 0.200. The van der Waals surface area contributed by atoms with Crippen LogP contribution in [-0.4, -0.2) is 17.6 Å². The first-order chi connectivity index (χ1) is 12.4. The monoisotopic (exact) mass is 462 g/mol. The Morgan fingerprint density at radius 2 is 2.00 bits per heavy atom. The summed E-state index contributed by atoms with van der Waals surface area (Å²) in [6.07, 6.45) is 1.48. The van der Waals surface area contributed by atoms with Gasteiger partial charge in [0, 0.05) is 5.69 Å². The minimum atomic E-state index is -0.481. The summed E-state index contributed by atoms with van der Waals surface area (Å²) >= 11 is 1.98. The summed E-state index contributed by atoms with van der Waals surface area (Å²) in [5, 5.41) is 22.2. The maximum atomic E-state index is 12.5. The van der Waals surface area contributed by atoms with E-state index in [0.29, 0.717) is 27.2 Å². The van der Waals surface area contributed by atoms with Gasteiger partial charge in [0.05, 0.1) is 10.2 Å². The molecule has 1 amide bonds. The van der Waals surface area contributed by atoms with Gasteiger partial charge in [-0.2, -0.15) is 5.26 Å². The smallest absolute Gasteiger partial charge is 0.266 e. The second-order valence-corrected chi connectivity index (χ2v) is 6.84. The van der Waals surface area contributed by atoms with E-state index in [1.54, 1.807) is 12.1 Å². The molecule has 5 nitrogen and oxygen atoms in total. The van der Waals surface area contributed by atoms with Crippen LogP contribution in [0.3, 0.4) is 0 Å². The van der Waals surface area contributed by atoms with Gasteiger partial charge in [0.2, 0.25) is 0 Å². The first kappa shape index (κ1) is 19.8. The van der Waals surface area contributed by atoms with Crippen molar-refractivity contribution in [3.63, 3.8) is 0 Å². The van der Waals surface area contributed by atoms with Crippen molar-refractivity contribution in [2.24, 2.45) is 0 Å². The third kappa shape index (κ3) is 4.55. The van der Waals surface area contributed by atoms with Crippen LogP contribution in [0.25, 0.3) is 6.08 Å². The van der Waals surface area contributed by atoms with Crippen molar-refractivity contribution in [1.29, 1.82) is 5.26 Å². The molecule has 0 saturated heterocycles. The van der Waals surface area contributed by atoms with E-state index < -0.39 is 5.91 Å². The largest absolute Gasteiger partial charge is 0.504 e. The topological polar surface area (TPSA) is 82.3 Å². The molecular weight excluding hydrogens is 443 g/mol. The molecule has 134 valence electrons. The Morgan fingerprint density at radius 1 is 1.35 bits per heavy atom. The van der Waals surface area contributed by atoms with Crippen molar-refractivity contribution in [3.05, 3.63) is 56.2 Å². The number of para-hydroxylation sites is 1. The molecule has 2 N–H and O–H groups in total. The van der Waals surface area contributed by atoms with Gasteiger partial charge < -0.3 is 15.2 Å². The molecule has 0 unspecified atom stereocenters. The van der Waals surface area contributed by atoms with Gasteiger partial charge in [0.25, 0.3) is 5.91 Å². The predicted octanol–water partition coefficient (Wildman–Crippen LogP) is 4.56. The average molecular weight is 462 g/mol. The first-order valence-electron chi connectivity index (χ1n) is 8.02. The molecule has 2 aromatic rings. The van der Waals surface area contributed by atoms with Gasteiger partial charge in [-0.05, 0) is 78.3 Å². The summed E-state index contributed by atoms with van der Waals surface area (Å²) in [5.41, 5.74) is 3.12. The zero-order chi connectivity index (χ0) is 19.3. The molecule has 2 rings (SSSR count). The van der Waals surface area contributed by atoms with Gasteiger partial charge in [0.15, 0.2) is 11.5 Å². The van der Waals surface area contributed by atoms with Crippen molar-refractivity contribution >= 4 is 40.3 Å². The lowest BCUT2D eigenvalue weighted by atomic mass is 10.1. The van der Waals surface area contributed by atoms with Crippen molar-refractivity contribution in [3.8, 4) is 17.6 Å². The van der Waals surface area contributed by atoms with Crippen LogP contribution in [0.15, 0.2) is 35.9 Å². The molecule has 0 fully saturated rings. The van der Waals surface area contributed by atoms with Gasteiger partial charge in [-0.3, -0.25) is 4.79 Å². The molecule has 2 aromatic carbocycles. The number of rotatable bonds is 5. The number of hydrogen-bond donors (Lipinski definition) is 2. The zero-order valence-electron chi connectivity index (χ0n) is 14.8. The number of ether oxygens (including phenoxy) is 1. The van der Waals surface area contributed by atoms with Crippen LogP contribution >= 0.6 is 22.6 Å². The van der Waals surface area contributed by atoms with Crippen LogP contribution in [0.2, 0.25) is 0 Å². The van der Waals surface area contributed by atoms with Gasteiger partial charge in [-0.1, -0.05) is 18.2 Å². The van der Waals surface area contributed by atoms with E-state index in [9.17, 15) is 15.2 Å². The number of nitriles is 1. The van der Waals surface area contributed by atoms with Gasteiger partial charge in [-0.25, -0.2) is 0 Å². The molecule has 0 aliphatic carbocycles. The molecule has 0 aliphatic rings. The Hall–Kier alpha value is -2.53. The number of halogens is 1.